The quantitative estimate of drug-likeness (QED) is 0.288. The second-order valence-electron chi connectivity index (χ2n) is 2.49. The molecule has 0 bridgehead atoms. The van der Waals surface area contributed by atoms with Gasteiger partial charge in [-0.05, 0) is 0 Å². The molecule has 0 aromatic rings. The van der Waals surface area contributed by atoms with E-state index >= 15 is 0 Å². The predicted octanol–water partition coefficient (Wildman–Crippen LogP) is -7.82. The molecule has 0 rings (SSSR count). The zero-order valence-corrected chi connectivity index (χ0v) is 9.57. The van der Waals surface area contributed by atoms with Crippen LogP contribution in [-0.2, 0) is 4.79 Å². The summed E-state index contributed by atoms with van der Waals surface area (Å²) in [7, 11) is 0. The van der Waals surface area contributed by atoms with Gasteiger partial charge in [0, 0.05) is 0 Å². The Kier molecular flexibility index (Phi) is 9.00. The van der Waals surface area contributed by atoms with Crippen molar-refractivity contribution in [2.75, 3.05) is 6.61 Å². The van der Waals surface area contributed by atoms with E-state index in [4.69, 9.17) is 25.5 Å². The molecule has 0 heterocycles. The Morgan fingerprint density at radius 3 is 1.86 bits per heavy atom. The monoisotopic (exact) mass is 218 g/mol. The second-order valence-corrected chi connectivity index (χ2v) is 2.49. The molecule has 0 spiro atoms. The summed E-state index contributed by atoms with van der Waals surface area (Å²) >= 11 is 0. The van der Waals surface area contributed by atoms with Gasteiger partial charge in [-0.2, -0.15) is 0 Å². The Morgan fingerprint density at radius 2 is 1.57 bits per heavy atom. The zero-order chi connectivity index (χ0) is 10.6. The normalized spacial score (nSPS) is 18.9. The van der Waals surface area contributed by atoms with Gasteiger partial charge in [-0.15, -0.1) is 0 Å². The Morgan fingerprint density at radius 1 is 1.14 bits per heavy atom. The maximum atomic E-state index is 9.98. The number of carboxylic acids is 1. The molecule has 5 N–H and O–H groups in total. The third kappa shape index (κ3) is 4.67. The summed E-state index contributed by atoms with van der Waals surface area (Å²) in [5.74, 6) is -1.98. The minimum Gasteiger partial charge on any atom is -0.547 e. The van der Waals surface area contributed by atoms with Crippen LogP contribution in [0, 0.1) is 0 Å². The van der Waals surface area contributed by atoms with Crippen molar-refractivity contribution in [3.63, 3.8) is 0 Å². The van der Waals surface area contributed by atoms with Gasteiger partial charge in [-0.25, -0.2) is 0 Å². The fraction of sp³-hybridized carbons (Fsp3) is 0.833. The first kappa shape index (κ1) is 16.7. The van der Waals surface area contributed by atoms with Gasteiger partial charge in [0.2, 0.25) is 0 Å². The van der Waals surface area contributed by atoms with Gasteiger partial charge >= 0.3 is 29.6 Å². The van der Waals surface area contributed by atoms with Crippen molar-refractivity contribution in [2.45, 2.75) is 24.4 Å². The molecule has 0 radical (unpaired) electrons. The van der Waals surface area contributed by atoms with E-state index in [1.807, 2.05) is 0 Å². The Balaban J connectivity index is 0. The van der Waals surface area contributed by atoms with Crippen LogP contribution in [-0.4, -0.2) is 62.5 Å². The standard InChI is InChI=1S/C6H12O7.Na/c7-1-2(8)3(9)4(10)5(11)6(12)13;/h2-5,7-11H,1H2,(H,12,13);/q;+1/p-1/t2-,3-,4+,5+;/m1./s1. The number of carbonyl (C=O) groups excluding carboxylic acids is 1. The minimum atomic E-state index is -2.31. The fourth-order valence-corrected chi connectivity index (χ4v) is 0.662. The number of aliphatic hydroxyl groups excluding tert-OH is 5. The molecule has 0 fully saturated rings. The number of rotatable bonds is 5. The number of aliphatic carboxylic acids is 1. The second kappa shape index (κ2) is 7.55. The molecule has 7 nitrogen and oxygen atoms in total. The third-order valence-corrected chi connectivity index (χ3v) is 1.50. The summed E-state index contributed by atoms with van der Waals surface area (Å²) in [6.45, 7) is -0.863. The number of hydrogen-bond donors (Lipinski definition) is 5. The summed E-state index contributed by atoms with van der Waals surface area (Å²) in [5, 5.41) is 53.4. The van der Waals surface area contributed by atoms with Gasteiger partial charge in [0.25, 0.3) is 0 Å². The average molecular weight is 218 g/mol. The van der Waals surface area contributed by atoms with E-state index in [1.54, 1.807) is 0 Å². The van der Waals surface area contributed by atoms with E-state index in [2.05, 4.69) is 0 Å². The van der Waals surface area contributed by atoms with Crippen LogP contribution in [0.5, 0.6) is 0 Å². The molecule has 14 heavy (non-hydrogen) atoms. The van der Waals surface area contributed by atoms with Gasteiger partial charge in [-0.3, -0.25) is 0 Å². The molecule has 0 aromatic heterocycles. The number of carboxylic acid groups (broad SMARTS) is 1. The molecule has 0 saturated heterocycles. The van der Waals surface area contributed by atoms with Gasteiger partial charge in [0.05, 0.1) is 12.6 Å². The Labute approximate surface area is 102 Å². The van der Waals surface area contributed by atoms with Crippen molar-refractivity contribution in [3.8, 4) is 0 Å². The van der Waals surface area contributed by atoms with E-state index in [0.717, 1.165) is 0 Å². The minimum absolute atomic E-state index is 0. The first-order valence-corrected chi connectivity index (χ1v) is 3.45. The summed E-state index contributed by atoms with van der Waals surface area (Å²) in [4.78, 5) is 9.98. The molecule has 0 saturated carbocycles. The van der Waals surface area contributed by atoms with Crippen LogP contribution >= 0.6 is 0 Å². The van der Waals surface area contributed by atoms with Gasteiger partial charge in [-0.1, -0.05) is 0 Å². The van der Waals surface area contributed by atoms with Crippen LogP contribution in [0.15, 0.2) is 0 Å². The number of hydrogen-bond acceptors (Lipinski definition) is 7. The van der Waals surface area contributed by atoms with Crippen LogP contribution in [0.25, 0.3) is 0 Å². The van der Waals surface area contributed by atoms with Crippen molar-refractivity contribution >= 4 is 5.97 Å². The Hall–Kier alpha value is 0.270. The maximum absolute atomic E-state index is 9.98. The summed E-state index contributed by atoms with van der Waals surface area (Å²) in [6.07, 6.45) is -8.08. The Bertz CT molecular complexity index is 176. The van der Waals surface area contributed by atoms with Crippen LogP contribution in [0.1, 0.15) is 0 Å². The predicted molar refractivity (Wildman–Crippen MR) is 36.1 cm³/mol. The number of aliphatic hydroxyl groups is 5. The van der Waals surface area contributed by atoms with E-state index in [0.29, 0.717) is 0 Å². The molecule has 4 atom stereocenters. The van der Waals surface area contributed by atoms with Crippen LogP contribution < -0.4 is 34.7 Å². The van der Waals surface area contributed by atoms with Crippen molar-refractivity contribution in [1.82, 2.24) is 0 Å². The van der Waals surface area contributed by atoms with Crippen molar-refractivity contribution in [3.05, 3.63) is 0 Å². The maximum Gasteiger partial charge on any atom is 1.00 e. The molecule has 0 aliphatic carbocycles. The topological polar surface area (TPSA) is 141 Å². The molecular weight excluding hydrogens is 207 g/mol. The van der Waals surface area contributed by atoms with Crippen LogP contribution in [0.3, 0.4) is 0 Å². The zero-order valence-electron chi connectivity index (χ0n) is 7.57. The van der Waals surface area contributed by atoms with E-state index in [1.165, 1.54) is 0 Å². The summed E-state index contributed by atoms with van der Waals surface area (Å²) < 4.78 is 0. The molecule has 0 aromatic carbocycles. The third-order valence-electron chi connectivity index (χ3n) is 1.50. The van der Waals surface area contributed by atoms with Gasteiger partial charge in [0.15, 0.2) is 0 Å². The first-order chi connectivity index (χ1) is 5.91. The van der Waals surface area contributed by atoms with E-state index in [-0.39, 0.29) is 29.6 Å². The molecule has 0 amide bonds. The van der Waals surface area contributed by atoms with E-state index < -0.39 is 37.0 Å². The average Bonchev–Trinajstić information content (AvgIpc) is 2.12. The molecule has 0 aliphatic heterocycles. The smallest absolute Gasteiger partial charge is 0.547 e. The van der Waals surface area contributed by atoms with Crippen LogP contribution in [0.4, 0.5) is 0 Å². The molecule has 8 heteroatoms. The largest absolute Gasteiger partial charge is 1.00 e. The first-order valence-electron chi connectivity index (χ1n) is 3.45. The molecular formula is C6H11NaO7. The molecule has 0 unspecified atom stereocenters. The van der Waals surface area contributed by atoms with E-state index in [9.17, 15) is 9.90 Å². The van der Waals surface area contributed by atoms with Crippen LogP contribution in [0.2, 0.25) is 0 Å². The molecule has 0 aliphatic rings. The van der Waals surface area contributed by atoms with Gasteiger partial charge < -0.3 is 35.4 Å². The fourth-order valence-electron chi connectivity index (χ4n) is 0.662. The van der Waals surface area contributed by atoms with Gasteiger partial charge in [0.1, 0.15) is 24.4 Å². The SMILES string of the molecule is O=C([O-])[C@@H](O)[C@@H](O)[C@H](O)[C@H](O)CO.[Na+]. The molecule has 78 valence electrons. The summed E-state index contributed by atoms with van der Waals surface area (Å²) in [6, 6.07) is 0. The van der Waals surface area contributed by atoms with Crippen molar-refractivity contribution in [1.29, 1.82) is 0 Å². The summed E-state index contributed by atoms with van der Waals surface area (Å²) in [5.41, 5.74) is 0. The van der Waals surface area contributed by atoms with Crippen molar-refractivity contribution < 1.29 is 65.0 Å². The number of carbonyl (C=O) groups is 1. The van der Waals surface area contributed by atoms with Crippen molar-refractivity contribution in [2.24, 2.45) is 0 Å².